The van der Waals surface area contributed by atoms with Crippen LogP contribution in [0.3, 0.4) is 0 Å². The zero-order chi connectivity index (χ0) is 14.0. The van der Waals surface area contributed by atoms with Gasteiger partial charge in [0.15, 0.2) is 0 Å². The molecule has 0 fully saturated rings. The molecule has 0 saturated heterocycles. The number of halogens is 4. The fraction of sp³-hybridized carbons (Fsp3) is 0.273. The number of rotatable bonds is 4. The second-order valence-corrected chi connectivity index (χ2v) is 4.69. The van der Waals surface area contributed by atoms with Crippen LogP contribution >= 0.6 is 15.9 Å². The summed E-state index contributed by atoms with van der Waals surface area (Å²) in [6.07, 6.45) is -5.22. The van der Waals surface area contributed by atoms with Crippen molar-refractivity contribution >= 4 is 15.9 Å². The van der Waals surface area contributed by atoms with E-state index in [1.54, 1.807) is 6.07 Å². The standard InChI is InChI=1S/C11H8BrF3N2O2/c12-6-1-5(2-7(13)3-6)11-16-9(19-17-11)4-8(18)10(14)15/h1-3,8,10,18H,4H2. The van der Waals surface area contributed by atoms with E-state index in [-0.39, 0.29) is 11.7 Å². The number of aliphatic hydroxyl groups is 1. The van der Waals surface area contributed by atoms with Gasteiger partial charge in [-0.3, -0.25) is 0 Å². The van der Waals surface area contributed by atoms with Gasteiger partial charge in [-0.1, -0.05) is 21.1 Å². The van der Waals surface area contributed by atoms with Crippen molar-refractivity contribution in [3.63, 3.8) is 0 Å². The average Bonchev–Trinajstić information content (AvgIpc) is 2.76. The van der Waals surface area contributed by atoms with E-state index in [2.05, 4.69) is 26.1 Å². The Labute approximate surface area is 114 Å². The maximum Gasteiger partial charge on any atom is 0.264 e. The number of aromatic nitrogens is 2. The van der Waals surface area contributed by atoms with Crippen LogP contribution in [0.1, 0.15) is 5.89 Å². The topological polar surface area (TPSA) is 59.2 Å². The molecule has 1 aromatic heterocycles. The van der Waals surface area contributed by atoms with Crippen LogP contribution in [-0.2, 0) is 6.42 Å². The van der Waals surface area contributed by atoms with E-state index in [0.29, 0.717) is 10.0 Å². The summed E-state index contributed by atoms with van der Waals surface area (Å²) in [7, 11) is 0. The smallest absolute Gasteiger partial charge is 0.264 e. The number of alkyl halides is 2. The fourth-order valence-corrected chi connectivity index (χ4v) is 1.87. The van der Waals surface area contributed by atoms with Crippen LogP contribution in [-0.4, -0.2) is 27.8 Å². The Bertz CT molecular complexity index is 557. The molecule has 0 spiro atoms. The molecule has 1 unspecified atom stereocenters. The first-order valence-electron chi connectivity index (χ1n) is 5.21. The van der Waals surface area contributed by atoms with Crippen LogP contribution in [0.25, 0.3) is 11.4 Å². The van der Waals surface area contributed by atoms with Crippen molar-refractivity contribution in [3.05, 3.63) is 34.4 Å². The SMILES string of the molecule is OC(Cc1nc(-c2cc(F)cc(Br)c2)no1)C(F)F. The van der Waals surface area contributed by atoms with Gasteiger partial charge in [0.05, 0.1) is 6.42 Å². The van der Waals surface area contributed by atoms with Crippen LogP contribution in [0, 0.1) is 5.82 Å². The Balaban J connectivity index is 2.21. The Kier molecular flexibility index (Phi) is 4.20. The zero-order valence-electron chi connectivity index (χ0n) is 9.36. The Morgan fingerprint density at radius 1 is 1.32 bits per heavy atom. The van der Waals surface area contributed by atoms with Crippen molar-refractivity contribution < 1.29 is 22.8 Å². The molecule has 19 heavy (non-hydrogen) atoms. The van der Waals surface area contributed by atoms with E-state index in [0.717, 1.165) is 0 Å². The first-order chi connectivity index (χ1) is 8.95. The van der Waals surface area contributed by atoms with E-state index < -0.39 is 24.8 Å². The van der Waals surface area contributed by atoms with Crippen LogP contribution < -0.4 is 0 Å². The summed E-state index contributed by atoms with van der Waals surface area (Å²) in [6, 6.07) is 4.00. The van der Waals surface area contributed by atoms with Gasteiger partial charge in [0.2, 0.25) is 11.7 Å². The number of benzene rings is 1. The molecule has 1 N–H and O–H groups in total. The second kappa shape index (κ2) is 5.70. The molecule has 0 aliphatic heterocycles. The number of nitrogens with zero attached hydrogens (tertiary/aromatic N) is 2. The minimum Gasteiger partial charge on any atom is -0.387 e. The normalized spacial score (nSPS) is 12.9. The van der Waals surface area contributed by atoms with Gasteiger partial charge < -0.3 is 9.63 Å². The molecular formula is C11H8BrF3N2O2. The van der Waals surface area contributed by atoms with Gasteiger partial charge in [-0.15, -0.1) is 0 Å². The van der Waals surface area contributed by atoms with Gasteiger partial charge in [-0.25, -0.2) is 13.2 Å². The summed E-state index contributed by atoms with van der Waals surface area (Å²) in [5.41, 5.74) is 0.341. The van der Waals surface area contributed by atoms with Crippen molar-refractivity contribution in [1.29, 1.82) is 0 Å². The molecule has 2 aromatic rings. The summed E-state index contributed by atoms with van der Waals surface area (Å²) >= 11 is 3.11. The van der Waals surface area contributed by atoms with E-state index in [4.69, 9.17) is 9.63 Å². The van der Waals surface area contributed by atoms with Gasteiger partial charge >= 0.3 is 0 Å². The third kappa shape index (κ3) is 3.54. The fourth-order valence-electron chi connectivity index (χ4n) is 1.41. The monoisotopic (exact) mass is 336 g/mol. The molecule has 102 valence electrons. The van der Waals surface area contributed by atoms with Gasteiger partial charge in [-0.05, 0) is 18.2 Å². The molecule has 0 radical (unpaired) electrons. The lowest BCUT2D eigenvalue weighted by atomic mass is 10.2. The third-order valence-corrected chi connectivity index (χ3v) is 2.72. The van der Waals surface area contributed by atoms with Crippen LogP contribution in [0.4, 0.5) is 13.2 Å². The van der Waals surface area contributed by atoms with E-state index in [1.165, 1.54) is 12.1 Å². The summed E-state index contributed by atoms with van der Waals surface area (Å²) < 4.78 is 42.7. The van der Waals surface area contributed by atoms with E-state index in [9.17, 15) is 13.2 Å². The van der Waals surface area contributed by atoms with Crippen molar-refractivity contribution in [2.75, 3.05) is 0 Å². The lowest BCUT2D eigenvalue weighted by Gasteiger charge is -2.04. The maximum absolute atomic E-state index is 13.2. The molecule has 1 heterocycles. The van der Waals surface area contributed by atoms with Crippen LogP contribution in [0.2, 0.25) is 0 Å². The molecule has 0 amide bonds. The first kappa shape index (κ1) is 14.0. The molecule has 0 aliphatic rings. The molecule has 2 rings (SSSR count). The average molecular weight is 337 g/mol. The summed E-state index contributed by atoms with van der Waals surface area (Å²) in [5, 5.41) is 12.6. The van der Waals surface area contributed by atoms with Crippen LogP contribution in [0.5, 0.6) is 0 Å². The van der Waals surface area contributed by atoms with Gasteiger partial charge in [0.1, 0.15) is 11.9 Å². The van der Waals surface area contributed by atoms with Crippen molar-refractivity contribution in [1.82, 2.24) is 10.1 Å². The van der Waals surface area contributed by atoms with Gasteiger partial charge in [-0.2, -0.15) is 4.98 Å². The van der Waals surface area contributed by atoms with Crippen molar-refractivity contribution in [3.8, 4) is 11.4 Å². The zero-order valence-corrected chi connectivity index (χ0v) is 10.9. The quantitative estimate of drug-likeness (QED) is 0.932. The summed E-state index contributed by atoms with van der Waals surface area (Å²) in [5.74, 6) is -0.566. The molecule has 0 saturated carbocycles. The highest BCUT2D eigenvalue weighted by molar-refractivity contribution is 9.10. The highest BCUT2D eigenvalue weighted by atomic mass is 79.9. The van der Waals surface area contributed by atoms with Crippen LogP contribution in [0.15, 0.2) is 27.2 Å². The second-order valence-electron chi connectivity index (χ2n) is 3.78. The maximum atomic E-state index is 13.2. The van der Waals surface area contributed by atoms with Crippen molar-refractivity contribution in [2.45, 2.75) is 19.0 Å². The highest BCUT2D eigenvalue weighted by Crippen LogP contribution is 2.22. The Morgan fingerprint density at radius 2 is 2.05 bits per heavy atom. The largest absolute Gasteiger partial charge is 0.387 e. The Hall–Kier alpha value is -1.41. The molecular weight excluding hydrogens is 329 g/mol. The molecule has 1 atom stereocenters. The van der Waals surface area contributed by atoms with Gasteiger partial charge in [0.25, 0.3) is 6.43 Å². The molecule has 0 bridgehead atoms. The number of hydrogen-bond acceptors (Lipinski definition) is 4. The third-order valence-electron chi connectivity index (χ3n) is 2.26. The Morgan fingerprint density at radius 3 is 2.68 bits per heavy atom. The first-order valence-corrected chi connectivity index (χ1v) is 6.00. The summed E-state index contributed by atoms with van der Waals surface area (Å²) in [6.45, 7) is 0. The molecule has 1 aromatic carbocycles. The lowest BCUT2D eigenvalue weighted by Crippen LogP contribution is -2.20. The van der Waals surface area contributed by atoms with Gasteiger partial charge in [0, 0.05) is 10.0 Å². The summed E-state index contributed by atoms with van der Waals surface area (Å²) in [4.78, 5) is 3.83. The predicted octanol–water partition coefficient (Wildman–Crippen LogP) is 2.81. The minimum absolute atomic E-state index is 0.0664. The highest BCUT2D eigenvalue weighted by Gasteiger charge is 2.21. The lowest BCUT2D eigenvalue weighted by molar-refractivity contribution is -0.00754. The molecule has 4 nitrogen and oxygen atoms in total. The predicted molar refractivity (Wildman–Crippen MR) is 63.1 cm³/mol. The molecule has 8 heteroatoms. The molecule has 0 aliphatic carbocycles. The van der Waals surface area contributed by atoms with E-state index >= 15 is 0 Å². The minimum atomic E-state index is -2.89. The van der Waals surface area contributed by atoms with E-state index in [1.807, 2.05) is 0 Å². The number of hydrogen-bond donors (Lipinski definition) is 1. The van der Waals surface area contributed by atoms with Crippen molar-refractivity contribution in [2.24, 2.45) is 0 Å². The number of aliphatic hydroxyl groups excluding tert-OH is 1.